The van der Waals surface area contributed by atoms with Gasteiger partial charge in [0.25, 0.3) is 0 Å². The van der Waals surface area contributed by atoms with E-state index in [1.807, 2.05) is 36.4 Å². The van der Waals surface area contributed by atoms with Crippen LogP contribution in [0, 0.1) is 11.8 Å². The molecule has 1 aliphatic heterocycles. The lowest BCUT2D eigenvalue weighted by Crippen LogP contribution is -2.42. The van der Waals surface area contributed by atoms with Crippen molar-refractivity contribution in [2.24, 2.45) is 11.8 Å². The maximum Gasteiger partial charge on any atom is 0.410 e. The molecule has 1 amide bonds. The molecule has 1 saturated heterocycles. The van der Waals surface area contributed by atoms with Gasteiger partial charge in [-0.05, 0) is 30.5 Å². The zero-order valence-electron chi connectivity index (χ0n) is 13.5. The topological polar surface area (TPSA) is 38.8 Å². The summed E-state index contributed by atoms with van der Waals surface area (Å²) in [4.78, 5) is 14.2. The summed E-state index contributed by atoms with van der Waals surface area (Å²) in [5.41, 5.74) is 0.565. The summed E-state index contributed by atoms with van der Waals surface area (Å²) in [5, 5.41) is 0. The van der Waals surface area contributed by atoms with Gasteiger partial charge in [-0.3, -0.25) is 4.90 Å². The molecule has 23 heavy (non-hydrogen) atoms. The van der Waals surface area contributed by atoms with Crippen molar-refractivity contribution in [3.8, 4) is 5.75 Å². The molecule has 4 nitrogen and oxygen atoms in total. The third-order valence-electron chi connectivity index (χ3n) is 5.12. The fourth-order valence-electron chi connectivity index (χ4n) is 3.84. The average molecular weight is 313 g/mol. The Morgan fingerprint density at radius 3 is 2.39 bits per heavy atom. The van der Waals surface area contributed by atoms with Gasteiger partial charge in [0.2, 0.25) is 0 Å². The SMILES string of the molecule is C=C[C@@H]1CC[C@@H](C=C)C12CN(Cc1ccc(OC)cc1)C(=O)O2. The van der Waals surface area contributed by atoms with Crippen molar-refractivity contribution in [3.63, 3.8) is 0 Å². The van der Waals surface area contributed by atoms with E-state index in [1.54, 1.807) is 12.0 Å². The highest BCUT2D eigenvalue weighted by Gasteiger charge is 2.56. The third kappa shape index (κ3) is 2.62. The van der Waals surface area contributed by atoms with Crippen molar-refractivity contribution >= 4 is 6.09 Å². The summed E-state index contributed by atoms with van der Waals surface area (Å²) in [7, 11) is 1.64. The number of methoxy groups -OCH3 is 1. The van der Waals surface area contributed by atoms with E-state index < -0.39 is 5.60 Å². The summed E-state index contributed by atoms with van der Waals surface area (Å²) < 4.78 is 11.0. The van der Waals surface area contributed by atoms with Crippen molar-refractivity contribution < 1.29 is 14.3 Å². The number of rotatable bonds is 5. The van der Waals surface area contributed by atoms with Gasteiger partial charge in [-0.1, -0.05) is 24.3 Å². The lowest BCUT2D eigenvalue weighted by molar-refractivity contribution is 0.0173. The zero-order valence-corrected chi connectivity index (χ0v) is 13.5. The smallest absolute Gasteiger partial charge is 0.410 e. The molecule has 1 saturated carbocycles. The van der Waals surface area contributed by atoms with Crippen LogP contribution in [0.2, 0.25) is 0 Å². The van der Waals surface area contributed by atoms with E-state index in [1.165, 1.54) is 0 Å². The lowest BCUT2D eigenvalue weighted by atomic mass is 9.84. The number of benzene rings is 1. The molecule has 1 aliphatic carbocycles. The van der Waals surface area contributed by atoms with Crippen molar-refractivity contribution in [2.45, 2.75) is 25.0 Å². The number of hydrogen-bond acceptors (Lipinski definition) is 3. The highest BCUT2D eigenvalue weighted by atomic mass is 16.6. The molecule has 1 heterocycles. The zero-order chi connectivity index (χ0) is 16.4. The van der Waals surface area contributed by atoms with E-state index >= 15 is 0 Å². The molecular formula is C19H23NO3. The Balaban J connectivity index is 1.78. The van der Waals surface area contributed by atoms with Crippen molar-refractivity contribution in [1.29, 1.82) is 0 Å². The van der Waals surface area contributed by atoms with Gasteiger partial charge in [0.05, 0.1) is 13.7 Å². The second-order valence-electron chi connectivity index (χ2n) is 6.29. The van der Waals surface area contributed by atoms with Gasteiger partial charge in [0.1, 0.15) is 11.4 Å². The Labute approximate surface area is 137 Å². The predicted octanol–water partition coefficient (Wildman–Crippen LogP) is 3.78. The number of carbonyl (C=O) groups is 1. The Morgan fingerprint density at radius 2 is 1.87 bits per heavy atom. The molecule has 0 N–H and O–H groups in total. The van der Waals surface area contributed by atoms with Crippen LogP contribution in [0.15, 0.2) is 49.6 Å². The number of hydrogen-bond donors (Lipinski definition) is 0. The molecule has 0 aromatic heterocycles. The minimum Gasteiger partial charge on any atom is -0.497 e. The molecule has 3 rings (SSSR count). The summed E-state index contributed by atoms with van der Waals surface area (Å²) in [6, 6.07) is 7.76. The summed E-state index contributed by atoms with van der Waals surface area (Å²) >= 11 is 0. The molecule has 122 valence electrons. The van der Waals surface area contributed by atoms with Crippen LogP contribution in [0.4, 0.5) is 4.79 Å². The van der Waals surface area contributed by atoms with Gasteiger partial charge in [-0.25, -0.2) is 4.79 Å². The fourth-order valence-corrected chi connectivity index (χ4v) is 3.84. The summed E-state index contributed by atoms with van der Waals surface area (Å²) in [6.45, 7) is 8.98. The normalized spacial score (nSPS) is 25.4. The van der Waals surface area contributed by atoms with E-state index in [-0.39, 0.29) is 17.9 Å². The van der Waals surface area contributed by atoms with Crippen LogP contribution in [-0.4, -0.2) is 30.2 Å². The monoisotopic (exact) mass is 313 g/mol. The quantitative estimate of drug-likeness (QED) is 0.776. The van der Waals surface area contributed by atoms with E-state index in [9.17, 15) is 4.79 Å². The van der Waals surface area contributed by atoms with Crippen molar-refractivity contribution in [3.05, 3.63) is 55.1 Å². The molecule has 0 radical (unpaired) electrons. The first-order valence-corrected chi connectivity index (χ1v) is 7.99. The molecule has 4 heteroatoms. The first-order valence-electron chi connectivity index (χ1n) is 7.99. The average Bonchev–Trinajstić information content (AvgIpc) is 3.08. The Hall–Kier alpha value is -2.23. The first-order chi connectivity index (χ1) is 11.1. The molecule has 1 aromatic rings. The highest BCUT2D eigenvalue weighted by molar-refractivity contribution is 5.71. The van der Waals surface area contributed by atoms with E-state index in [2.05, 4.69) is 13.2 Å². The van der Waals surface area contributed by atoms with Gasteiger partial charge in [-0.2, -0.15) is 0 Å². The number of carbonyl (C=O) groups excluding carboxylic acids is 1. The summed E-state index contributed by atoms with van der Waals surface area (Å²) in [5.74, 6) is 1.19. The van der Waals surface area contributed by atoms with Crippen LogP contribution >= 0.6 is 0 Å². The highest BCUT2D eigenvalue weighted by Crippen LogP contribution is 2.48. The molecular weight excluding hydrogens is 290 g/mol. The lowest BCUT2D eigenvalue weighted by Gasteiger charge is -2.31. The van der Waals surface area contributed by atoms with Crippen LogP contribution in [-0.2, 0) is 11.3 Å². The van der Waals surface area contributed by atoms with Gasteiger partial charge in [0, 0.05) is 18.4 Å². The molecule has 1 aromatic carbocycles. The maximum absolute atomic E-state index is 12.4. The minimum absolute atomic E-state index is 0.190. The van der Waals surface area contributed by atoms with Crippen LogP contribution in [0.3, 0.4) is 0 Å². The molecule has 2 fully saturated rings. The molecule has 2 atom stereocenters. The van der Waals surface area contributed by atoms with Crippen molar-refractivity contribution in [1.82, 2.24) is 4.90 Å². The van der Waals surface area contributed by atoms with Gasteiger partial charge in [-0.15, -0.1) is 13.2 Å². The van der Waals surface area contributed by atoms with Crippen LogP contribution in [0.5, 0.6) is 5.75 Å². The Bertz CT molecular complexity index is 592. The standard InChI is InChI=1S/C19H23NO3/c1-4-15-8-9-16(5-2)19(15)13-20(18(21)23-19)12-14-6-10-17(22-3)11-7-14/h4-7,10-11,15-16H,1-2,8-9,12-13H2,3H3/t15-,16-/m1/s1. The second kappa shape index (κ2) is 6.11. The molecule has 0 bridgehead atoms. The Kier molecular flexibility index (Phi) is 4.16. The summed E-state index contributed by atoms with van der Waals surface area (Å²) in [6.07, 6.45) is 5.58. The number of amides is 1. The van der Waals surface area contributed by atoms with Gasteiger partial charge in [0.15, 0.2) is 0 Å². The van der Waals surface area contributed by atoms with Crippen molar-refractivity contribution in [2.75, 3.05) is 13.7 Å². The Morgan fingerprint density at radius 1 is 1.26 bits per heavy atom. The van der Waals surface area contributed by atoms with Gasteiger partial charge < -0.3 is 9.47 Å². The minimum atomic E-state index is -0.493. The van der Waals surface area contributed by atoms with E-state index in [0.29, 0.717) is 13.1 Å². The van der Waals surface area contributed by atoms with Crippen LogP contribution < -0.4 is 4.74 Å². The maximum atomic E-state index is 12.4. The molecule has 1 spiro atoms. The molecule has 0 unspecified atom stereocenters. The largest absolute Gasteiger partial charge is 0.497 e. The first kappa shape index (κ1) is 15.7. The number of ether oxygens (including phenoxy) is 2. The van der Waals surface area contributed by atoms with Gasteiger partial charge >= 0.3 is 6.09 Å². The van der Waals surface area contributed by atoms with Crippen LogP contribution in [0.25, 0.3) is 0 Å². The third-order valence-corrected chi connectivity index (χ3v) is 5.12. The fraction of sp³-hybridized carbons (Fsp3) is 0.421. The second-order valence-corrected chi connectivity index (χ2v) is 6.29. The predicted molar refractivity (Wildman–Crippen MR) is 89.2 cm³/mol. The van der Waals surface area contributed by atoms with E-state index in [4.69, 9.17) is 9.47 Å². The molecule has 2 aliphatic rings. The van der Waals surface area contributed by atoms with E-state index in [0.717, 1.165) is 24.2 Å². The van der Waals surface area contributed by atoms with Crippen LogP contribution in [0.1, 0.15) is 18.4 Å². The number of nitrogens with zero attached hydrogens (tertiary/aromatic N) is 1.